The number of halogens is 1. The first-order chi connectivity index (χ1) is 9.65. The van der Waals surface area contributed by atoms with E-state index in [2.05, 4.69) is 24.1 Å². The van der Waals surface area contributed by atoms with E-state index in [1.807, 2.05) is 6.07 Å². The maximum Gasteiger partial charge on any atom is 0.123 e. The van der Waals surface area contributed by atoms with Gasteiger partial charge in [-0.15, -0.1) is 0 Å². The van der Waals surface area contributed by atoms with E-state index in [0.29, 0.717) is 18.1 Å². The minimum Gasteiger partial charge on any atom is -0.313 e. The second-order valence-electron chi connectivity index (χ2n) is 6.48. The lowest BCUT2D eigenvalue weighted by molar-refractivity contribution is 0.139. The van der Waals surface area contributed by atoms with Gasteiger partial charge in [0.1, 0.15) is 5.82 Å². The molecule has 1 aliphatic heterocycles. The van der Waals surface area contributed by atoms with Crippen molar-refractivity contribution in [1.29, 1.82) is 0 Å². The van der Waals surface area contributed by atoms with Crippen LogP contribution in [0.1, 0.15) is 50.3 Å². The molecule has 2 atom stereocenters. The Hall–Kier alpha value is -0.930. The van der Waals surface area contributed by atoms with Gasteiger partial charge in [0.2, 0.25) is 0 Å². The smallest absolute Gasteiger partial charge is 0.123 e. The monoisotopic (exact) mass is 276 g/mol. The van der Waals surface area contributed by atoms with Gasteiger partial charge in [0.25, 0.3) is 0 Å². The van der Waals surface area contributed by atoms with Gasteiger partial charge in [0.05, 0.1) is 0 Å². The summed E-state index contributed by atoms with van der Waals surface area (Å²) in [5.74, 6) is -0.0991. The summed E-state index contributed by atoms with van der Waals surface area (Å²) < 4.78 is 13.4. The van der Waals surface area contributed by atoms with Gasteiger partial charge in [-0.05, 0) is 69.3 Å². The van der Waals surface area contributed by atoms with Crippen LogP contribution in [-0.4, -0.2) is 30.1 Å². The van der Waals surface area contributed by atoms with Crippen LogP contribution >= 0.6 is 0 Å². The van der Waals surface area contributed by atoms with E-state index in [1.54, 1.807) is 12.1 Å². The first-order valence-electron chi connectivity index (χ1n) is 7.92. The van der Waals surface area contributed by atoms with E-state index in [4.69, 9.17) is 0 Å². The summed E-state index contributed by atoms with van der Waals surface area (Å²) in [5, 5.41) is 3.60. The number of nitrogens with zero attached hydrogens (tertiary/aromatic N) is 1. The molecule has 2 unspecified atom stereocenters. The summed E-state index contributed by atoms with van der Waals surface area (Å²) >= 11 is 0. The summed E-state index contributed by atoms with van der Waals surface area (Å²) in [5.41, 5.74) is 2.55. The molecule has 0 spiro atoms. The summed E-state index contributed by atoms with van der Waals surface area (Å²) in [6, 6.07) is 6.96. The van der Waals surface area contributed by atoms with Gasteiger partial charge < -0.3 is 5.32 Å². The first-order valence-corrected chi connectivity index (χ1v) is 7.92. The van der Waals surface area contributed by atoms with E-state index in [-0.39, 0.29) is 5.82 Å². The molecule has 1 fully saturated rings. The number of benzene rings is 1. The molecule has 0 amide bonds. The van der Waals surface area contributed by atoms with Crippen LogP contribution in [0, 0.1) is 5.82 Å². The Morgan fingerprint density at radius 1 is 1.35 bits per heavy atom. The zero-order chi connectivity index (χ0) is 14.1. The molecule has 3 heteroatoms. The van der Waals surface area contributed by atoms with Crippen molar-refractivity contribution in [2.75, 3.05) is 13.1 Å². The fourth-order valence-corrected chi connectivity index (χ4v) is 3.77. The first kappa shape index (κ1) is 14.0. The molecule has 0 saturated carbocycles. The molecule has 1 N–H and O–H groups in total. The van der Waals surface area contributed by atoms with E-state index in [1.165, 1.54) is 24.0 Å². The normalized spacial score (nSPS) is 25.6. The summed E-state index contributed by atoms with van der Waals surface area (Å²) in [6.45, 7) is 6.81. The molecule has 20 heavy (non-hydrogen) atoms. The minimum absolute atomic E-state index is 0.0991. The molecule has 1 heterocycles. The van der Waals surface area contributed by atoms with E-state index >= 15 is 0 Å². The molecular weight excluding hydrogens is 251 g/mol. The number of hydrogen-bond donors (Lipinski definition) is 1. The highest BCUT2D eigenvalue weighted by Crippen LogP contribution is 2.37. The van der Waals surface area contributed by atoms with E-state index < -0.39 is 0 Å². The zero-order valence-corrected chi connectivity index (χ0v) is 12.5. The molecule has 0 bridgehead atoms. The molecule has 2 aliphatic rings. The topological polar surface area (TPSA) is 15.3 Å². The maximum absolute atomic E-state index is 13.4. The van der Waals surface area contributed by atoms with Crippen LogP contribution in [0.3, 0.4) is 0 Å². The highest BCUT2D eigenvalue weighted by Gasteiger charge is 2.31. The Bertz CT molecular complexity index is 466. The Morgan fingerprint density at radius 3 is 2.90 bits per heavy atom. The van der Waals surface area contributed by atoms with Gasteiger partial charge in [-0.1, -0.05) is 6.07 Å². The quantitative estimate of drug-likeness (QED) is 0.908. The molecule has 1 aromatic carbocycles. The number of nitrogens with one attached hydrogen (secondary N) is 1. The molecule has 3 rings (SSSR count). The predicted octanol–water partition coefficient (Wildman–Crippen LogP) is 3.28. The van der Waals surface area contributed by atoms with Gasteiger partial charge in [-0.2, -0.15) is 0 Å². The third-order valence-corrected chi connectivity index (χ3v) is 4.81. The number of aryl methyl sites for hydroxylation is 1. The van der Waals surface area contributed by atoms with Crippen LogP contribution < -0.4 is 5.32 Å². The van der Waals surface area contributed by atoms with Crippen molar-refractivity contribution >= 4 is 0 Å². The Kier molecular flexibility index (Phi) is 4.08. The molecule has 1 aliphatic carbocycles. The fourth-order valence-electron chi connectivity index (χ4n) is 3.77. The third kappa shape index (κ3) is 2.75. The van der Waals surface area contributed by atoms with Crippen molar-refractivity contribution in [3.8, 4) is 0 Å². The maximum atomic E-state index is 13.4. The van der Waals surface area contributed by atoms with Crippen LogP contribution in [0.15, 0.2) is 18.2 Å². The molecule has 0 radical (unpaired) electrons. The minimum atomic E-state index is -0.0991. The third-order valence-electron chi connectivity index (χ3n) is 4.81. The molecule has 0 aromatic heterocycles. The van der Waals surface area contributed by atoms with Crippen molar-refractivity contribution in [2.24, 2.45) is 0 Å². The van der Waals surface area contributed by atoms with Crippen LogP contribution in [0.2, 0.25) is 0 Å². The lowest BCUT2D eigenvalue weighted by Crippen LogP contribution is -2.42. The van der Waals surface area contributed by atoms with Crippen molar-refractivity contribution in [2.45, 2.75) is 57.7 Å². The lowest BCUT2D eigenvalue weighted by atomic mass is 10.0. The Labute approximate surface area is 121 Å². The molecule has 110 valence electrons. The Balaban J connectivity index is 1.79. The van der Waals surface area contributed by atoms with Gasteiger partial charge in [0.15, 0.2) is 0 Å². The van der Waals surface area contributed by atoms with E-state index in [9.17, 15) is 4.39 Å². The van der Waals surface area contributed by atoms with Crippen LogP contribution in [0.5, 0.6) is 0 Å². The largest absolute Gasteiger partial charge is 0.313 e. The molecule has 1 saturated heterocycles. The summed E-state index contributed by atoms with van der Waals surface area (Å²) in [4.78, 5) is 2.60. The second kappa shape index (κ2) is 5.82. The van der Waals surface area contributed by atoms with Gasteiger partial charge in [-0.25, -0.2) is 4.39 Å². The van der Waals surface area contributed by atoms with Gasteiger partial charge in [-0.3, -0.25) is 4.90 Å². The van der Waals surface area contributed by atoms with Crippen molar-refractivity contribution in [1.82, 2.24) is 10.2 Å². The molecular formula is C17H25FN2. The van der Waals surface area contributed by atoms with Crippen molar-refractivity contribution < 1.29 is 4.39 Å². The number of hydrogen-bond acceptors (Lipinski definition) is 2. The van der Waals surface area contributed by atoms with Gasteiger partial charge in [0, 0.05) is 24.7 Å². The van der Waals surface area contributed by atoms with Crippen LogP contribution in [0.4, 0.5) is 4.39 Å². The van der Waals surface area contributed by atoms with Crippen molar-refractivity contribution in [3.63, 3.8) is 0 Å². The van der Waals surface area contributed by atoms with Gasteiger partial charge >= 0.3 is 0 Å². The molecule has 2 nitrogen and oxygen atoms in total. The number of rotatable bonds is 4. The highest BCUT2D eigenvalue weighted by atomic mass is 19.1. The van der Waals surface area contributed by atoms with E-state index in [0.717, 1.165) is 25.9 Å². The summed E-state index contributed by atoms with van der Waals surface area (Å²) in [6.07, 6.45) is 4.72. The molecule has 1 aromatic rings. The van der Waals surface area contributed by atoms with Crippen LogP contribution in [-0.2, 0) is 6.42 Å². The zero-order valence-electron chi connectivity index (χ0n) is 12.5. The second-order valence-corrected chi connectivity index (χ2v) is 6.48. The van der Waals surface area contributed by atoms with Crippen molar-refractivity contribution in [3.05, 3.63) is 35.1 Å². The van der Waals surface area contributed by atoms with Crippen LogP contribution in [0.25, 0.3) is 0 Å². The standard InChI is InChI=1S/C17H25FN2/c1-12(2)20(11-15-4-3-9-19-15)17-8-5-13-10-14(18)6-7-16(13)17/h6-7,10,12,15,17,19H,3-5,8-9,11H2,1-2H3. The lowest BCUT2D eigenvalue weighted by Gasteiger charge is -2.35. The highest BCUT2D eigenvalue weighted by molar-refractivity contribution is 5.35. The predicted molar refractivity (Wildman–Crippen MR) is 80.3 cm³/mol. The fraction of sp³-hybridized carbons (Fsp3) is 0.647. The Morgan fingerprint density at radius 2 is 2.20 bits per heavy atom. The average Bonchev–Trinajstić information content (AvgIpc) is 3.04. The SMILES string of the molecule is CC(C)N(CC1CCCN1)C1CCc2cc(F)ccc21. The summed E-state index contributed by atoms with van der Waals surface area (Å²) in [7, 11) is 0. The average molecular weight is 276 g/mol. The number of fused-ring (bicyclic) bond motifs is 1.